The van der Waals surface area contributed by atoms with Gasteiger partial charge in [-0.2, -0.15) is 0 Å². The van der Waals surface area contributed by atoms with E-state index in [1.165, 1.54) is 57.1 Å². The Morgan fingerprint density at radius 2 is 0.946 bits per heavy atom. The third-order valence-corrected chi connectivity index (χ3v) is 21.1. The lowest BCUT2D eigenvalue weighted by atomic mass is 9.47. The Balaban J connectivity index is -0.00000117. The fourth-order valence-electron chi connectivity index (χ4n) is 13.7. The molecule has 9 aliphatic rings. The van der Waals surface area contributed by atoms with Gasteiger partial charge in [-0.05, 0) is 255 Å². The molecule has 0 spiro atoms. The van der Waals surface area contributed by atoms with Crippen LogP contribution in [0.1, 0.15) is 298 Å². The average Bonchev–Trinajstić information content (AvgIpc) is 0.868. The molecule has 92 heavy (non-hydrogen) atoms. The van der Waals surface area contributed by atoms with Crippen LogP contribution in [0, 0.1) is 74.9 Å². The second-order valence-corrected chi connectivity index (χ2v) is 29.1. The second kappa shape index (κ2) is 37.2. The molecule has 2 aromatic carbocycles. The van der Waals surface area contributed by atoms with Gasteiger partial charge in [0.05, 0.1) is 27.6 Å². The van der Waals surface area contributed by atoms with E-state index in [4.69, 9.17) is 38.3 Å². The van der Waals surface area contributed by atoms with Gasteiger partial charge in [-0.15, -0.1) is 0 Å². The number of hydrogen-bond donors (Lipinski definition) is 1. The Morgan fingerprint density at radius 3 is 1.40 bits per heavy atom. The third kappa shape index (κ3) is 21.7. The number of fused-ring (bicyclic) bond motifs is 1. The normalized spacial score (nSPS) is 25.1. The minimum atomic E-state index is -0.796. The first-order valence-corrected chi connectivity index (χ1v) is 32.1. The first kappa shape index (κ1) is 91.1. The summed E-state index contributed by atoms with van der Waals surface area (Å²) in [5.74, 6) is 4.76. The van der Waals surface area contributed by atoms with Crippen LogP contribution in [-0.2, 0) is 47.7 Å². The number of phenols is 1. The quantitative estimate of drug-likeness (QED) is 0.0682. The van der Waals surface area contributed by atoms with Crippen LogP contribution in [-0.4, -0.2) is 64.5 Å². The van der Waals surface area contributed by atoms with Gasteiger partial charge in [-0.1, -0.05) is 127 Å². The molecule has 0 amide bonds. The maximum atomic E-state index is 12.8. The molecule has 2 aliphatic heterocycles. The van der Waals surface area contributed by atoms with Crippen LogP contribution >= 0.6 is 0 Å². The van der Waals surface area contributed by atoms with Crippen LogP contribution in [0.25, 0.3) is 0 Å². The number of benzene rings is 2. The van der Waals surface area contributed by atoms with E-state index in [1.807, 2.05) is 83.1 Å². The molecule has 14 heteroatoms. The van der Waals surface area contributed by atoms with E-state index >= 15 is 0 Å². The van der Waals surface area contributed by atoms with Gasteiger partial charge in [-0.3, -0.25) is 24.0 Å². The molecular weight excluding hydrogens is 1160 g/mol. The molecule has 6 atom stereocenters. The number of aromatic hydroxyl groups is 1. The maximum absolute atomic E-state index is 12.8. The summed E-state index contributed by atoms with van der Waals surface area (Å²) >= 11 is 0. The van der Waals surface area contributed by atoms with Crippen LogP contribution < -0.4 is 9.47 Å². The number of carbonyl (C=O) groups is 6. The van der Waals surface area contributed by atoms with Crippen LogP contribution in [0.4, 0.5) is 4.79 Å². The van der Waals surface area contributed by atoms with Crippen molar-refractivity contribution in [3.63, 3.8) is 0 Å². The summed E-state index contributed by atoms with van der Waals surface area (Å²) in [7, 11) is 0. The molecule has 8 bridgehead atoms. The highest BCUT2D eigenvalue weighted by Crippen LogP contribution is 2.62. The van der Waals surface area contributed by atoms with E-state index in [2.05, 4.69) is 34.6 Å². The van der Waals surface area contributed by atoms with Gasteiger partial charge in [-0.25, -0.2) is 4.79 Å². The van der Waals surface area contributed by atoms with Gasteiger partial charge in [0.25, 0.3) is 0 Å². The van der Waals surface area contributed by atoms with Crippen molar-refractivity contribution < 1.29 is 67.0 Å². The number of ether oxygens (including phenoxy) is 7. The van der Waals surface area contributed by atoms with Crippen molar-refractivity contribution in [1.82, 2.24) is 0 Å². The minimum absolute atomic E-state index is 0. The van der Waals surface area contributed by atoms with E-state index < -0.39 is 29.2 Å². The van der Waals surface area contributed by atoms with E-state index in [1.54, 1.807) is 36.4 Å². The van der Waals surface area contributed by atoms with Gasteiger partial charge in [0, 0.05) is 5.92 Å². The lowest BCUT2D eigenvalue weighted by Gasteiger charge is -2.62. The molecule has 7 aliphatic carbocycles. The molecule has 2 aromatic rings. The predicted molar refractivity (Wildman–Crippen MR) is 377 cm³/mol. The highest BCUT2D eigenvalue weighted by molar-refractivity contribution is 5.79. The van der Waals surface area contributed by atoms with E-state index in [-0.39, 0.29) is 135 Å². The molecule has 11 rings (SSSR count). The topological polar surface area (TPSA) is 187 Å². The summed E-state index contributed by atoms with van der Waals surface area (Å²) in [5.41, 5.74) is -1.25. The smallest absolute Gasteiger partial charge is 0.508 e. The molecule has 14 nitrogen and oxygen atoms in total. The zero-order chi connectivity index (χ0) is 62.3. The molecule has 2 heterocycles. The molecule has 2 saturated heterocycles. The lowest BCUT2D eigenvalue weighted by Crippen LogP contribution is -2.63. The van der Waals surface area contributed by atoms with Crippen LogP contribution in [0.2, 0.25) is 0 Å². The second-order valence-electron chi connectivity index (χ2n) is 29.1. The number of phenolic OH excluding ortho intramolecular Hbond substituents is 1. The minimum Gasteiger partial charge on any atom is -0.508 e. The van der Waals surface area contributed by atoms with Crippen molar-refractivity contribution in [3.8, 4) is 17.2 Å². The van der Waals surface area contributed by atoms with Gasteiger partial charge in [0.15, 0.2) is 0 Å². The van der Waals surface area contributed by atoms with E-state index in [0.29, 0.717) is 53.9 Å². The average molecular weight is 1300 g/mol. The molecule has 1 N–H and O–H groups in total. The maximum Gasteiger partial charge on any atom is 0.514 e. The largest absolute Gasteiger partial charge is 0.514 e. The first-order chi connectivity index (χ1) is 39.2. The highest BCUT2D eigenvalue weighted by atomic mass is 16.7. The Labute approximate surface area is 562 Å². The first-order valence-electron chi connectivity index (χ1n) is 32.1. The highest BCUT2D eigenvalue weighted by Gasteiger charge is 2.61. The monoisotopic (exact) mass is 1300 g/mol. The van der Waals surface area contributed by atoms with Gasteiger partial charge in [0.2, 0.25) is 0 Å². The third-order valence-electron chi connectivity index (χ3n) is 21.1. The fourth-order valence-corrected chi connectivity index (χ4v) is 13.7. The van der Waals surface area contributed by atoms with Gasteiger partial charge >= 0.3 is 36.0 Å². The lowest BCUT2D eigenvalue weighted by molar-refractivity contribution is -0.231. The fraction of sp³-hybridized carbons (Fsp3) is 0.769. The van der Waals surface area contributed by atoms with Crippen molar-refractivity contribution in [1.29, 1.82) is 0 Å². The van der Waals surface area contributed by atoms with Crippen LogP contribution in [0.15, 0.2) is 48.5 Å². The standard InChI is InChI=1S/C25H32O7.C19H32O2.C14H26O2.C12H16O3.8CH4/c1-5-25(3,4)23(27)29-14(2)16-6-8-19(9-7-16)30-24(28)32-21-17-10-15-11-18(13-17)22(26)31-20(21)12-15;1-6-18(4,5)17(20)21-19(12(2)3)15-8-13-7-14(10-15)11-16(19)9-13;1-6-13(4,5)12(15)16-14(11(2)3)9-7-8-10-14;1-4-12(2,3)11(14)15-10-7-5-9(13)6-8-10;;;;;;;;/h6-9,14-15,17-18,20-21H,5,10-13H2,1-4H3;12-16H,6-11H2,1-5H3;11H,6-10H2,1-5H3;5-8,13H,4H2,1-3H3;8*1H4. The van der Waals surface area contributed by atoms with Crippen LogP contribution in [0.5, 0.6) is 17.2 Å². The van der Waals surface area contributed by atoms with Crippen molar-refractivity contribution in [2.45, 2.75) is 316 Å². The Morgan fingerprint density at radius 1 is 0.522 bits per heavy atom. The Bertz CT molecular complexity index is 2520. The molecule has 0 aromatic heterocycles. The summed E-state index contributed by atoms with van der Waals surface area (Å²) in [6.45, 7) is 34.1. The zero-order valence-electron chi connectivity index (χ0n) is 54.3. The number of carbonyl (C=O) groups excluding carboxylic acids is 6. The van der Waals surface area contributed by atoms with E-state index in [0.717, 1.165) is 68.8 Å². The molecule has 7 saturated carbocycles. The Kier molecular flexibility index (Phi) is 36.9. The predicted octanol–water partition coefficient (Wildman–Crippen LogP) is 21.5. The summed E-state index contributed by atoms with van der Waals surface area (Å²) < 4.78 is 39.6. The summed E-state index contributed by atoms with van der Waals surface area (Å²) in [4.78, 5) is 73.5. The summed E-state index contributed by atoms with van der Waals surface area (Å²) in [5, 5.41) is 9.06. The van der Waals surface area contributed by atoms with E-state index in [9.17, 15) is 28.8 Å². The summed E-state index contributed by atoms with van der Waals surface area (Å²) in [6, 6.07) is 12.9. The number of esters is 5. The molecule has 9 fully saturated rings. The van der Waals surface area contributed by atoms with Crippen molar-refractivity contribution in [2.24, 2.45) is 74.9 Å². The molecule has 0 radical (unpaired) electrons. The summed E-state index contributed by atoms with van der Waals surface area (Å²) in [6.07, 6.45) is 15.5. The molecule has 6 unspecified atom stereocenters. The van der Waals surface area contributed by atoms with Crippen molar-refractivity contribution in [2.75, 3.05) is 0 Å². The molecular formula is C78H138O14. The number of hydrogen-bond acceptors (Lipinski definition) is 14. The van der Waals surface area contributed by atoms with Gasteiger partial charge in [0.1, 0.15) is 46.8 Å². The SMILES string of the molecule is C.C.C.C.C.C.C.C.CCC(C)(C)C(=O)OC(C)c1ccc(OC(=O)OC2C3CC4CC(C3)C(=O)OC2C4)cc1.CCC(C)(C)C(=O)OC1(C(C)C)C2CC3CC(C2)CC1C3.CCC(C)(C)C(=O)OC1(C(C)C)CCCC1.CCC(C)(C)C(=O)Oc1ccc(O)cc1. The number of rotatable bonds is 17. The Hall–Kier alpha value is -5.14. The van der Waals surface area contributed by atoms with Crippen molar-refractivity contribution >= 4 is 36.0 Å². The van der Waals surface area contributed by atoms with Crippen LogP contribution in [0.3, 0.4) is 0 Å². The zero-order valence-corrected chi connectivity index (χ0v) is 54.3. The van der Waals surface area contributed by atoms with Gasteiger partial charge < -0.3 is 38.3 Å². The molecule has 534 valence electrons. The van der Waals surface area contributed by atoms with Crippen molar-refractivity contribution in [3.05, 3.63) is 54.1 Å².